The SMILES string of the molecule is CC/C=C\C/C=C\C/C=C\C/C=C\C/C=C\C/C=C\C/C=C\CCCCCCCCCCCCCCCC(=O)OCC(COC(=O)CCCCCCCCCCCCCCCC)OC(=O)CCCCCCCCCCCCCCCC. The van der Waals surface area contributed by atoms with Gasteiger partial charge in [-0.1, -0.05) is 343 Å². The van der Waals surface area contributed by atoms with E-state index in [1.54, 1.807) is 0 Å². The molecule has 468 valence electrons. The minimum Gasteiger partial charge on any atom is -0.462 e. The maximum Gasteiger partial charge on any atom is 0.306 e. The van der Waals surface area contributed by atoms with Crippen LogP contribution >= 0.6 is 0 Å². The largest absolute Gasteiger partial charge is 0.462 e. The number of allylic oxidation sites excluding steroid dienone is 14. The fourth-order valence-electron chi connectivity index (χ4n) is 10.2. The van der Waals surface area contributed by atoms with E-state index in [0.717, 1.165) is 103 Å². The summed E-state index contributed by atoms with van der Waals surface area (Å²) in [5, 5.41) is 0. The lowest BCUT2D eigenvalue weighted by molar-refractivity contribution is -0.167. The molecule has 0 aliphatic carbocycles. The number of rotatable bonds is 64. The predicted octanol–water partition coefficient (Wildman–Crippen LogP) is 24.2. The van der Waals surface area contributed by atoms with Crippen LogP contribution in [0.4, 0.5) is 0 Å². The predicted molar refractivity (Wildman–Crippen MR) is 353 cm³/mol. The van der Waals surface area contributed by atoms with Crippen LogP contribution < -0.4 is 0 Å². The Balaban J connectivity index is 4.15. The lowest BCUT2D eigenvalue weighted by Crippen LogP contribution is -2.30. The molecule has 0 aliphatic heterocycles. The molecule has 0 bridgehead atoms. The fourth-order valence-corrected chi connectivity index (χ4v) is 10.2. The van der Waals surface area contributed by atoms with Crippen molar-refractivity contribution in [2.75, 3.05) is 13.2 Å². The number of hydrogen-bond acceptors (Lipinski definition) is 6. The normalized spacial score (nSPS) is 12.6. The van der Waals surface area contributed by atoms with Crippen LogP contribution in [0.3, 0.4) is 0 Å². The average Bonchev–Trinajstić information content (AvgIpc) is 3.47. The van der Waals surface area contributed by atoms with E-state index in [1.807, 2.05) is 0 Å². The zero-order valence-corrected chi connectivity index (χ0v) is 53.8. The molecule has 0 aromatic carbocycles. The lowest BCUT2D eigenvalue weighted by atomic mass is 10.0. The second-order valence-corrected chi connectivity index (χ2v) is 23.4. The molecule has 0 saturated carbocycles. The van der Waals surface area contributed by atoms with Gasteiger partial charge in [0.1, 0.15) is 13.2 Å². The molecule has 0 aromatic heterocycles. The van der Waals surface area contributed by atoms with Crippen molar-refractivity contribution in [2.24, 2.45) is 0 Å². The van der Waals surface area contributed by atoms with Gasteiger partial charge in [0.15, 0.2) is 6.10 Å². The molecule has 0 saturated heterocycles. The number of esters is 3. The van der Waals surface area contributed by atoms with Crippen LogP contribution in [-0.2, 0) is 28.6 Å². The molecule has 81 heavy (non-hydrogen) atoms. The highest BCUT2D eigenvalue weighted by atomic mass is 16.6. The van der Waals surface area contributed by atoms with Gasteiger partial charge in [-0.15, -0.1) is 0 Å². The van der Waals surface area contributed by atoms with Gasteiger partial charge in [0.25, 0.3) is 0 Å². The molecule has 1 atom stereocenters. The van der Waals surface area contributed by atoms with Gasteiger partial charge in [0.05, 0.1) is 0 Å². The van der Waals surface area contributed by atoms with E-state index in [-0.39, 0.29) is 31.1 Å². The van der Waals surface area contributed by atoms with Crippen LogP contribution in [0.25, 0.3) is 0 Å². The first kappa shape index (κ1) is 77.6. The first-order valence-electron chi connectivity index (χ1n) is 35.1. The molecule has 0 fully saturated rings. The first-order chi connectivity index (χ1) is 40.0. The smallest absolute Gasteiger partial charge is 0.306 e. The van der Waals surface area contributed by atoms with Crippen molar-refractivity contribution in [1.82, 2.24) is 0 Å². The molecular weight excluding hydrogens is 997 g/mol. The Labute approximate surface area is 503 Å². The Morgan fingerprint density at radius 2 is 0.481 bits per heavy atom. The molecule has 0 radical (unpaired) electrons. The quantitative estimate of drug-likeness (QED) is 0.0261. The Morgan fingerprint density at radius 1 is 0.259 bits per heavy atom. The van der Waals surface area contributed by atoms with Crippen molar-refractivity contribution in [3.8, 4) is 0 Å². The van der Waals surface area contributed by atoms with Crippen molar-refractivity contribution >= 4 is 17.9 Å². The minimum absolute atomic E-state index is 0.0691. The van der Waals surface area contributed by atoms with Crippen LogP contribution in [0.15, 0.2) is 85.1 Å². The van der Waals surface area contributed by atoms with Gasteiger partial charge >= 0.3 is 17.9 Å². The highest BCUT2D eigenvalue weighted by Gasteiger charge is 2.19. The minimum atomic E-state index is -0.772. The van der Waals surface area contributed by atoms with Crippen molar-refractivity contribution in [2.45, 2.75) is 361 Å². The summed E-state index contributed by atoms with van der Waals surface area (Å²) in [6, 6.07) is 0. The number of hydrogen-bond donors (Lipinski definition) is 0. The van der Waals surface area contributed by atoms with E-state index in [1.165, 1.54) is 212 Å². The van der Waals surface area contributed by atoms with Crippen LogP contribution in [0.1, 0.15) is 355 Å². The van der Waals surface area contributed by atoms with E-state index in [9.17, 15) is 14.4 Å². The highest BCUT2D eigenvalue weighted by molar-refractivity contribution is 5.71. The Hall–Kier alpha value is -3.41. The Morgan fingerprint density at radius 3 is 0.753 bits per heavy atom. The molecule has 6 heteroatoms. The molecular formula is C75H132O6. The third-order valence-electron chi connectivity index (χ3n) is 15.4. The van der Waals surface area contributed by atoms with Crippen LogP contribution in [0, 0.1) is 0 Å². The van der Waals surface area contributed by atoms with E-state index < -0.39 is 6.10 Å². The maximum atomic E-state index is 12.9. The number of carbonyl (C=O) groups is 3. The maximum absolute atomic E-state index is 12.9. The molecule has 0 aromatic rings. The lowest BCUT2D eigenvalue weighted by Gasteiger charge is -2.18. The highest BCUT2D eigenvalue weighted by Crippen LogP contribution is 2.18. The van der Waals surface area contributed by atoms with E-state index in [4.69, 9.17) is 14.2 Å². The Bertz CT molecular complexity index is 1530. The number of ether oxygens (including phenoxy) is 3. The molecule has 0 amide bonds. The molecule has 0 N–H and O–H groups in total. The van der Waals surface area contributed by atoms with Gasteiger partial charge in [0.2, 0.25) is 0 Å². The molecule has 1 unspecified atom stereocenters. The monoisotopic (exact) mass is 1130 g/mol. The topological polar surface area (TPSA) is 78.9 Å². The van der Waals surface area contributed by atoms with E-state index >= 15 is 0 Å². The van der Waals surface area contributed by atoms with E-state index in [0.29, 0.717) is 19.3 Å². The van der Waals surface area contributed by atoms with Crippen LogP contribution in [0.2, 0.25) is 0 Å². The average molecular weight is 1130 g/mol. The zero-order chi connectivity index (χ0) is 58.5. The van der Waals surface area contributed by atoms with Crippen molar-refractivity contribution in [3.63, 3.8) is 0 Å². The van der Waals surface area contributed by atoms with Gasteiger partial charge in [-0.2, -0.15) is 0 Å². The van der Waals surface area contributed by atoms with Crippen molar-refractivity contribution < 1.29 is 28.6 Å². The third kappa shape index (κ3) is 67.3. The number of carbonyl (C=O) groups excluding carboxylic acids is 3. The second-order valence-electron chi connectivity index (χ2n) is 23.4. The summed E-state index contributed by atoms with van der Waals surface area (Å²) < 4.78 is 17.0. The molecule has 6 nitrogen and oxygen atoms in total. The molecule has 0 aliphatic rings. The first-order valence-corrected chi connectivity index (χ1v) is 35.1. The van der Waals surface area contributed by atoms with Gasteiger partial charge < -0.3 is 14.2 Å². The zero-order valence-electron chi connectivity index (χ0n) is 53.8. The molecule has 0 rings (SSSR count). The molecule has 0 heterocycles. The third-order valence-corrected chi connectivity index (χ3v) is 15.4. The summed E-state index contributed by atoms with van der Waals surface area (Å²) in [5.41, 5.74) is 0. The van der Waals surface area contributed by atoms with Gasteiger partial charge in [-0.05, 0) is 77.0 Å². The van der Waals surface area contributed by atoms with Gasteiger partial charge in [-0.3, -0.25) is 14.4 Å². The summed E-state index contributed by atoms with van der Waals surface area (Å²) in [7, 11) is 0. The standard InChI is InChI=1S/C75H132O6/c1-4-7-10-13-16-19-22-25-28-29-30-31-32-33-34-35-36-37-38-39-40-41-42-43-44-45-46-47-48-51-53-56-59-62-65-68-74(77)80-71-72(81-75(78)69-66-63-60-57-54-50-27-24-21-18-15-12-9-6-3)70-79-73(76)67-64-61-58-55-52-49-26-23-20-17-14-11-8-5-2/h7,10,16,19,25,28,30-31,33-34,36-37,39-40,72H,4-6,8-9,11-15,17-18,20-24,26-27,29,32,35,38,41-71H2,1-3H3/b10-7-,19-16-,28-25-,31-30-,34-33-,37-36-,40-39-. The summed E-state index contributed by atoms with van der Waals surface area (Å²) in [5.74, 6) is -0.849. The Kier molecular flexibility index (Phi) is 66.2. The summed E-state index contributed by atoms with van der Waals surface area (Å²) >= 11 is 0. The van der Waals surface area contributed by atoms with Gasteiger partial charge in [-0.25, -0.2) is 0 Å². The summed E-state index contributed by atoms with van der Waals surface area (Å²) in [6.07, 6.45) is 91.8. The van der Waals surface area contributed by atoms with Crippen molar-refractivity contribution in [1.29, 1.82) is 0 Å². The van der Waals surface area contributed by atoms with Crippen molar-refractivity contribution in [3.05, 3.63) is 85.1 Å². The van der Waals surface area contributed by atoms with E-state index in [2.05, 4.69) is 106 Å². The summed E-state index contributed by atoms with van der Waals surface area (Å²) in [6.45, 7) is 6.57. The summed E-state index contributed by atoms with van der Waals surface area (Å²) in [4.78, 5) is 38.3. The molecule has 0 spiro atoms. The van der Waals surface area contributed by atoms with Crippen LogP contribution in [0.5, 0.6) is 0 Å². The number of unbranched alkanes of at least 4 members (excludes halogenated alkanes) is 39. The van der Waals surface area contributed by atoms with Crippen LogP contribution in [-0.4, -0.2) is 37.2 Å². The second kappa shape index (κ2) is 69.1. The fraction of sp³-hybridized carbons (Fsp3) is 0.773. The van der Waals surface area contributed by atoms with Gasteiger partial charge in [0, 0.05) is 19.3 Å².